The molecule has 0 aliphatic carbocycles. The second kappa shape index (κ2) is 5.87. The lowest BCUT2D eigenvalue weighted by Crippen LogP contribution is -2.30. The van der Waals surface area contributed by atoms with Crippen LogP contribution in [0.4, 0.5) is 13.2 Å². The van der Waals surface area contributed by atoms with Crippen molar-refractivity contribution in [1.29, 1.82) is 0 Å². The highest BCUT2D eigenvalue weighted by Crippen LogP contribution is 2.22. The number of aryl methyl sites for hydroxylation is 1. The van der Waals surface area contributed by atoms with Crippen LogP contribution in [-0.2, 0) is 6.54 Å². The van der Waals surface area contributed by atoms with Gasteiger partial charge in [0.2, 0.25) is 0 Å². The van der Waals surface area contributed by atoms with Crippen LogP contribution in [0.3, 0.4) is 0 Å². The highest BCUT2D eigenvalue weighted by atomic mass is 79.9. The van der Waals surface area contributed by atoms with Crippen molar-refractivity contribution in [2.45, 2.75) is 39.0 Å². The van der Waals surface area contributed by atoms with Crippen LogP contribution in [0, 0.1) is 6.92 Å². The zero-order valence-electron chi connectivity index (χ0n) is 9.74. The summed E-state index contributed by atoms with van der Waals surface area (Å²) >= 11 is 3.38. The summed E-state index contributed by atoms with van der Waals surface area (Å²) in [6.45, 7) is 3.94. The molecule has 1 aromatic rings. The smallest absolute Gasteiger partial charge is 0.310 e. The van der Waals surface area contributed by atoms with Crippen molar-refractivity contribution < 1.29 is 13.2 Å². The molecule has 5 heteroatoms. The van der Waals surface area contributed by atoms with Crippen LogP contribution in [-0.4, -0.2) is 12.2 Å². The highest BCUT2D eigenvalue weighted by molar-refractivity contribution is 9.10. The monoisotopic (exact) mass is 309 g/mol. The number of hydrogen-bond donors (Lipinski definition) is 1. The van der Waals surface area contributed by atoms with Crippen molar-refractivity contribution in [2.75, 3.05) is 0 Å². The molecule has 1 nitrogen and oxygen atoms in total. The van der Waals surface area contributed by atoms with E-state index < -0.39 is 18.6 Å². The molecule has 1 rings (SSSR count). The Kier molecular flexibility index (Phi) is 5.01. The lowest BCUT2D eigenvalue weighted by atomic mass is 10.1. The Morgan fingerprint density at radius 1 is 1.35 bits per heavy atom. The maximum atomic E-state index is 12.1. The summed E-state index contributed by atoms with van der Waals surface area (Å²) in [5.41, 5.74) is 2.06. The lowest BCUT2D eigenvalue weighted by Gasteiger charge is -2.16. The molecule has 0 aliphatic rings. The molecule has 0 saturated carbocycles. The maximum Gasteiger partial charge on any atom is 0.390 e. The summed E-state index contributed by atoms with van der Waals surface area (Å²) in [4.78, 5) is 0. The molecule has 0 aromatic heterocycles. The molecule has 96 valence electrons. The third-order valence-electron chi connectivity index (χ3n) is 2.41. The molecule has 0 spiro atoms. The number of hydrogen-bond acceptors (Lipinski definition) is 1. The molecular formula is C12H15BrF3N. The summed E-state index contributed by atoms with van der Waals surface area (Å²) in [5.74, 6) is 0. The van der Waals surface area contributed by atoms with Gasteiger partial charge in [-0.15, -0.1) is 0 Å². The lowest BCUT2D eigenvalue weighted by molar-refractivity contribution is -0.139. The van der Waals surface area contributed by atoms with Crippen molar-refractivity contribution in [3.8, 4) is 0 Å². The fraction of sp³-hybridized carbons (Fsp3) is 0.500. The molecule has 1 unspecified atom stereocenters. The minimum absolute atomic E-state index is 0.450. The summed E-state index contributed by atoms with van der Waals surface area (Å²) in [6, 6.07) is 5.18. The van der Waals surface area contributed by atoms with Gasteiger partial charge >= 0.3 is 6.18 Å². The number of nitrogens with one attached hydrogen (secondary N) is 1. The molecule has 1 N–H and O–H groups in total. The quantitative estimate of drug-likeness (QED) is 0.879. The predicted octanol–water partition coefficient (Wildman–Crippen LogP) is 4.19. The largest absolute Gasteiger partial charge is 0.390 e. The van der Waals surface area contributed by atoms with Gasteiger partial charge in [-0.05, 0) is 31.0 Å². The van der Waals surface area contributed by atoms with E-state index in [1.165, 1.54) is 0 Å². The standard InChI is InChI=1S/C12H15BrF3N/c1-8-5-10(3-4-11(8)13)7-17-9(2)6-12(14,15)16/h3-5,9,17H,6-7H2,1-2H3. The highest BCUT2D eigenvalue weighted by Gasteiger charge is 2.29. The fourth-order valence-electron chi connectivity index (χ4n) is 1.53. The first kappa shape index (κ1) is 14.5. The van der Waals surface area contributed by atoms with E-state index in [2.05, 4.69) is 21.2 Å². The van der Waals surface area contributed by atoms with Gasteiger partial charge in [-0.1, -0.05) is 28.1 Å². The summed E-state index contributed by atoms with van der Waals surface area (Å²) in [7, 11) is 0. The van der Waals surface area contributed by atoms with Crippen LogP contribution in [0.5, 0.6) is 0 Å². The van der Waals surface area contributed by atoms with Gasteiger partial charge in [0, 0.05) is 17.1 Å². The molecule has 0 aliphatic heterocycles. The third-order valence-corrected chi connectivity index (χ3v) is 3.30. The first-order valence-corrected chi connectivity index (χ1v) is 6.12. The molecule has 0 heterocycles. The Balaban J connectivity index is 2.47. The number of halogens is 4. The van der Waals surface area contributed by atoms with E-state index in [9.17, 15) is 13.2 Å². The molecule has 0 saturated heterocycles. The molecule has 0 radical (unpaired) electrons. The fourth-order valence-corrected chi connectivity index (χ4v) is 1.77. The van der Waals surface area contributed by atoms with E-state index in [0.29, 0.717) is 6.54 Å². The molecule has 1 atom stereocenters. The van der Waals surface area contributed by atoms with Gasteiger partial charge in [-0.25, -0.2) is 0 Å². The molecule has 17 heavy (non-hydrogen) atoms. The van der Waals surface area contributed by atoms with Crippen LogP contribution in [0.25, 0.3) is 0 Å². The van der Waals surface area contributed by atoms with E-state index in [1.54, 1.807) is 6.92 Å². The van der Waals surface area contributed by atoms with Gasteiger partial charge in [-0.3, -0.25) is 0 Å². The van der Waals surface area contributed by atoms with Crippen LogP contribution < -0.4 is 5.32 Å². The average Bonchev–Trinajstić information content (AvgIpc) is 2.17. The summed E-state index contributed by atoms with van der Waals surface area (Å²) in [6.07, 6.45) is -4.91. The second-order valence-electron chi connectivity index (χ2n) is 4.18. The molecule has 1 aromatic carbocycles. The van der Waals surface area contributed by atoms with Crippen LogP contribution >= 0.6 is 15.9 Å². The zero-order chi connectivity index (χ0) is 13.1. The van der Waals surface area contributed by atoms with E-state index in [4.69, 9.17) is 0 Å². The van der Waals surface area contributed by atoms with Gasteiger partial charge in [0.15, 0.2) is 0 Å². The van der Waals surface area contributed by atoms with Crippen LogP contribution in [0.2, 0.25) is 0 Å². The zero-order valence-corrected chi connectivity index (χ0v) is 11.3. The van der Waals surface area contributed by atoms with Crippen molar-refractivity contribution in [2.24, 2.45) is 0 Å². The van der Waals surface area contributed by atoms with Crippen molar-refractivity contribution >= 4 is 15.9 Å². The first-order valence-electron chi connectivity index (χ1n) is 5.33. The summed E-state index contributed by atoms with van der Waals surface area (Å²) < 4.78 is 37.3. The normalized spacial score (nSPS) is 13.8. The first-order chi connectivity index (χ1) is 7.78. The Morgan fingerprint density at radius 2 is 2.00 bits per heavy atom. The van der Waals surface area contributed by atoms with E-state index in [0.717, 1.165) is 15.6 Å². The molecular weight excluding hydrogens is 295 g/mol. The van der Waals surface area contributed by atoms with Crippen LogP contribution in [0.1, 0.15) is 24.5 Å². The van der Waals surface area contributed by atoms with Crippen molar-refractivity contribution in [1.82, 2.24) is 5.32 Å². The van der Waals surface area contributed by atoms with E-state index in [-0.39, 0.29) is 0 Å². The Bertz CT molecular complexity index is 377. The number of benzene rings is 1. The van der Waals surface area contributed by atoms with Gasteiger partial charge in [0.1, 0.15) is 0 Å². The van der Waals surface area contributed by atoms with Gasteiger partial charge in [0.05, 0.1) is 6.42 Å². The predicted molar refractivity (Wildman–Crippen MR) is 65.9 cm³/mol. The van der Waals surface area contributed by atoms with Crippen molar-refractivity contribution in [3.63, 3.8) is 0 Å². The average molecular weight is 310 g/mol. The molecule has 0 fully saturated rings. The van der Waals surface area contributed by atoms with Crippen molar-refractivity contribution in [3.05, 3.63) is 33.8 Å². The van der Waals surface area contributed by atoms with E-state index in [1.807, 2.05) is 25.1 Å². The minimum Gasteiger partial charge on any atom is -0.310 e. The van der Waals surface area contributed by atoms with Gasteiger partial charge in [0.25, 0.3) is 0 Å². The summed E-state index contributed by atoms with van der Waals surface area (Å²) in [5, 5.41) is 2.87. The Hall–Kier alpha value is -0.550. The van der Waals surface area contributed by atoms with Gasteiger partial charge in [-0.2, -0.15) is 13.2 Å². The number of rotatable bonds is 4. The second-order valence-corrected chi connectivity index (χ2v) is 5.04. The van der Waals surface area contributed by atoms with E-state index >= 15 is 0 Å². The third kappa shape index (κ3) is 5.55. The Morgan fingerprint density at radius 3 is 2.53 bits per heavy atom. The molecule has 0 amide bonds. The Labute approximate surface area is 108 Å². The number of alkyl halides is 3. The minimum atomic E-state index is -4.11. The van der Waals surface area contributed by atoms with Gasteiger partial charge < -0.3 is 5.32 Å². The SMILES string of the molecule is Cc1cc(CNC(C)CC(F)(F)F)ccc1Br. The molecule has 0 bridgehead atoms. The topological polar surface area (TPSA) is 12.0 Å². The van der Waals surface area contributed by atoms with Crippen LogP contribution in [0.15, 0.2) is 22.7 Å². The maximum absolute atomic E-state index is 12.1.